The van der Waals surface area contributed by atoms with E-state index in [0.29, 0.717) is 28.8 Å². The molecule has 0 aliphatic carbocycles. The third-order valence-corrected chi connectivity index (χ3v) is 3.27. The van der Waals surface area contributed by atoms with Crippen LogP contribution in [0.1, 0.15) is 17.5 Å². The summed E-state index contributed by atoms with van der Waals surface area (Å²) < 4.78 is 10.9. The Kier molecular flexibility index (Phi) is 2.95. The summed E-state index contributed by atoms with van der Waals surface area (Å²) in [7, 11) is 0. The van der Waals surface area contributed by atoms with Crippen molar-refractivity contribution in [3.05, 3.63) is 47.4 Å². The van der Waals surface area contributed by atoms with E-state index < -0.39 is 0 Å². The monoisotopic (exact) mass is 277 g/mol. The highest BCUT2D eigenvalue weighted by atomic mass is 35.5. The van der Waals surface area contributed by atoms with Crippen LogP contribution in [-0.4, -0.2) is 18.6 Å². The van der Waals surface area contributed by atoms with Crippen LogP contribution in [-0.2, 0) is 0 Å². The Morgan fingerprint density at radius 2 is 2.21 bits per heavy atom. The Morgan fingerprint density at radius 3 is 2.95 bits per heavy atom. The Hall–Kier alpha value is -1.94. The number of para-hydroxylation sites is 1. The molecule has 4 nitrogen and oxygen atoms in total. The summed E-state index contributed by atoms with van der Waals surface area (Å²) in [5.41, 5.74) is 0.673. The van der Waals surface area contributed by atoms with Crippen molar-refractivity contribution in [3.63, 3.8) is 0 Å². The van der Waals surface area contributed by atoms with Gasteiger partial charge < -0.3 is 9.15 Å². The number of rotatable bonds is 1. The lowest BCUT2D eigenvalue weighted by atomic mass is 10.2. The number of carbonyl (C=O) groups excluding carboxylic acids is 1. The molecule has 0 spiro atoms. The van der Waals surface area contributed by atoms with Crippen molar-refractivity contribution >= 4 is 23.2 Å². The van der Waals surface area contributed by atoms with Gasteiger partial charge in [0.2, 0.25) is 0 Å². The molecule has 1 aromatic heterocycles. The first kappa shape index (κ1) is 12.1. The number of amides is 1. The van der Waals surface area contributed by atoms with Crippen LogP contribution >= 0.6 is 11.6 Å². The van der Waals surface area contributed by atoms with Gasteiger partial charge in [0.15, 0.2) is 11.5 Å². The van der Waals surface area contributed by atoms with E-state index in [-0.39, 0.29) is 12.0 Å². The number of anilines is 1. The highest BCUT2D eigenvalue weighted by molar-refractivity contribution is 6.32. The van der Waals surface area contributed by atoms with Gasteiger partial charge in [0.1, 0.15) is 6.10 Å². The number of ether oxygens (including phenoxy) is 1. The predicted molar refractivity (Wildman–Crippen MR) is 71.9 cm³/mol. The maximum absolute atomic E-state index is 12.4. The third-order valence-electron chi connectivity index (χ3n) is 2.97. The molecule has 0 radical (unpaired) electrons. The van der Waals surface area contributed by atoms with Crippen LogP contribution < -0.4 is 9.64 Å². The largest absolute Gasteiger partial charge is 0.485 e. The second kappa shape index (κ2) is 4.63. The lowest BCUT2D eigenvalue weighted by molar-refractivity contribution is 0.0934. The zero-order chi connectivity index (χ0) is 13.4. The molecule has 0 N–H and O–H groups in total. The van der Waals surface area contributed by atoms with Crippen molar-refractivity contribution in [2.24, 2.45) is 0 Å². The van der Waals surface area contributed by atoms with E-state index in [4.69, 9.17) is 20.8 Å². The number of furan rings is 1. The molecule has 5 heteroatoms. The molecule has 19 heavy (non-hydrogen) atoms. The smallest absolute Gasteiger partial charge is 0.294 e. The molecule has 2 heterocycles. The topological polar surface area (TPSA) is 42.7 Å². The van der Waals surface area contributed by atoms with Crippen LogP contribution in [0.25, 0.3) is 0 Å². The Morgan fingerprint density at radius 1 is 1.37 bits per heavy atom. The number of fused-ring (bicyclic) bond motifs is 1. The number of nitrogens with zero attached hydrogens (tertiary/aromatic N) is 1. The molecule has 0 saturated heterocycles. The molecule has 1 aliphatic rings. The summed E-state index contributed by atoms with van der Waals surface area (Å²) in [6, 6.07) is 8.69. The molecule has 1 atom stereocenters. The second-order valence-electron chi connectivity index (χ2n) is 4.41. The van der Waals surface area contributed by atoms with Crippen LogP contribution in [0.2, 0.25) is 5.02 Å². The van der Waals surface area contributed by atoms with Crippen LogP contribution in [0, 0.1) is 0 Å². The van der Waals surface area contributed by atoms with Crippen LogP contribution in [0.15, 0.2) is 41.0 Å². The maximum Gasteiger partial charge on any atom is 0.294 e. The predicted octanol–water partition coefficient (Wildman–Crippen LogP) is 3.36. The van der Waals surface area contributed by atoms with E-state index in [0.717, 1.165) is 0 Å². The van der Waals surface area contributed by atoms with E-state index in [1.165, 1.54) is 6.26 Å². The van der Waals surface area contributed by atoms with Gasteiger partial charge in [-0.2, -0.15) is 0 Å². The minimum atomic E-state index is -0.191. The first-order valence-corrected chi connectivity index (χ1v) is 6.35. The van der Waals surface area contributed by atoms with E-state index in [9.17, 15) is 4.79 Å². The van der Waals surface area contributed by atoms with Gasteiger partial charge in [-0.25, -0.2) is 0 Å². The summed E-state index contributed by atoms with van der Waals surface area (Å²) in [6.07, 6.45) is 1.36. The minimum Gasteiger partial charge on any atom is -0.485 e. The van der Waals surface area contributed by atoms with Crippen LogP contribution in [0.5, 0.6) is 5.75 Å². The van der Waals surface area contributed by atoms with Crippen molar-refractivity contribution in [2.75, 3.05) is 11.4 Å². The molecule has 3 rings (SSSR count). The van der Waals surface area contributed by atoms with E-state index in [1.54, 1.807) is 29.2 Å². The number of hydrogen-bond acceptors (Lipinski definition) is 3. The molecule has 2 aromatic rings. The molecule has 98 valence electrons. The van der Waals surface area contributed by atoms with Crippen molar-refractivity contribution in [1.82, 2.24) is 0 Å². The molecule has 1 aromatic carbocycles. The standard InChI is InChI=1S/C14H12ClNO3/c1-9-8-16(14(17)12-6-3-7-18-12)11-5-2-4-10(15)13(11)19-9/h2-7,9H,8H2,1H3/t9-/m0/s1. The zero-order valence-electron chi connectivity index (χ0n) is 10.3. The van der Waals surface area contributed by atoms with Gasteiger partial charge >= 0.3 is 0 Å². The highest BCUT2D eigenvalue weighted by Gasteiger charge is 2.30. The maximum atomic E-state index is 12.4. The van der Waals surface area contributed by atoms with Crippen LogP contribution in [0.3, 0.4) is 0 Å². The summed E-state index contributed by atoms with van der Waals surface area (Å²) in [5.74, 6) is 0.659. The van der Waals surface area contributed by atoms with Crippen LogP contribution in [0.4, 0.5) is 5.69 Å². The van der Waals surface area contributed by atoms with E-state index in [2.05, 4.69) is 0 Å². The fourth-order valence-electron chi connectivity index (χ4n) is 2.15. The molecular formula is C14H12ClNO3. The van der Waals surface area contributed by atoms with E-state index >= 15 is 0 Å². The Balaban J connectivity index is 2.04. The Bertz CT molecular complexity index is 609. The molecule has 0 unspecified atom stereocenters. The fraction of sp³-hybridized carbons (Fsp3) is 0.214. The fourth-order valence-corrected chi connectivity index (χ4v) is 2.36. The van der Waals surface area contributed by atoms with Crippen molar-refractivity contribution < 1.29 is 13.9 Å². The number of benzene rings is 1. The average Bonchev–Trinajstić information content (AvgIpc) is 2.92. The quantitative estimate of drug-likeness (QED) is 0.803. The molecule has 0 bridgehead atoms. The van der Waals surface area contributed by atoms with Gasteiger partial charge in [-0.05, 0) is 31.2 Å². The lowest BCUT2D eigenvalue weighted by Crippen LogP contribution is -2.42. The summed E-state index contributed by atoms with van der Waals surface area (Å²) in [4.78, 5) is 14.0. The molecule has 0 fully saturated rings. The highest BCUT2D eigenvalue weighted by Crippen LogP contribution is 2.39. The first-order valence-electron chi connectivity index (χ1n) is 5.97. The molecule has 0 saturated carbocycles. The van der Waals surface area contributed by atoms with E-state index in [1.807, 2.05) is 13.0 Å². The third kappa shape index (κ3) is 2.08. The van der Waals surface area contributed by atoms with Crippen molar-refractivity contribution in [2.45, 2.75) is 13.0 Å². The molecular weight excluding hydrogens is 266 g/mol. The van der Waals surface area contributed by atoms with Gasteiger partial charge in [0.25, 0.3) is 5.91 Å². The van der Waals surface area contributed by atoms with Gasteiger partial charge in [-0.3, -0.25) is 9.69 Å². The zero-order valence-corrected chi connectivity index (χ0v) is 11.1. The van der Waals surface area contributed by atoms with Gasteiger partial charge in [0, 0.05) is 0 Å². The number of hydrogen-bond donors (Lipinski definition) is 0. The Labute approximate surface area is 115 Å². The normalized spacial score (nSPS) is 17.8. The second-order valence-corrected chi connectivity index (χ2v) is 4.82. The van der Waals surface area contributed by atoms with Crippen molar-refractivity contribution in [1.29, 1.82) is 0 Å². The van der Waals surface area contributed by atoms with Gasteiger partial charge in [-0.1, -0.05) is 17.7 Å². The summed E-state index contributed by atoms with van der Waals surface area (Å²) >= 11 is 6.12. The first-order chi connectivity index (χ1) is 9.16. The number of carbonyl (C=O) groups is 1. The SMILES string of the molecule is C[C@H]1CN(C(=O)c2ccco2)c2cccc(Cl)c2O1. The molecule has 1 aliphatic heterocycles. The van der Waals surface area contributed by atoms with Crippen molar-refractivity contribution in [3.8, 4) is 5.75 Å². The van der Waals surface area contributed by atoms with Gasteiger partial charge in [-0.15, -0.1) is 0 Å². The number of halogens is 1. The summed E-state index contributed by atoms with van der Waals surface area (Å²) in [6.45, 7) is 2.36. The lowest BCUT2D eigenvalue weighted by Gasteiger charge is -2.33. The average molecular weight is 278 g/mol. The minimum absolute atomic E-state index is 0.119. The molecule has 1 amide bonds. The summed E-state index contributed by atoms with van der Waals surface area (Å²) in [5, 5.41) is 0.501. The van der Waals surface area contributed by atoms with Gasteiger partial charge in [0.05, 0.1) is 23.5 Å².